The van der Waals surface area contributed by atoms with Crippen LogP contribution in [0.2, 0.25) is 0 Å². The number of imide groups is 1. The lowest BCUT2D eigenvalue weighted by Gasteiger charge is -2.30. The van der Waals surface area contributed by atoms with Gasteiger partial charge >= 0.3 is 0 Å². The van der Waals surface area contributed by atoms with E-state index in [0.717, 1.165) is 61.2 Å². The summed E-state index contributed by atoms with van der Waals surface area (Å²) in [4.78, 5) is 41.5. The second-order valence-corrected chi connectivity index (χ2v) is 9.63. The van der Waals surface area contributed by atoms with Crippen LogP contribution in [0.1, 0.15) is 39.9 Å². The van der Waals surface area contributed by atoms with Crippen LogP contribution in [0, 0.1) is 0 Å². The minimum absolute atomic E-state index is 0. The predicted molar refractivity (Wildman–Crippen MR) is 142 cm³/mol. The molecular formula is C28H29ClN4O3. The van der Waals surface area contributed by atoms with Crippen LogP contribution < -0.4 is 15.5 Å². The van der Waals surface area contributed by atoms with Gasteiger partial charge in [0.05, 0.1) is 5.69 Å². The number of nitrogens with one attached hydrogen (secondary N) is 2. The van der Waals surface area contributed by atoms with Crippen LogP contribution in [0.3, 0.4) is 0 Å². The molecule has 0 saturated carbocycles. The highest BCUT2D eigenvalue weighted by Gasteiger charge is 2.40. The number of carbonyl (C=O) groups excluding carboxylic acids is 3. The van der Waals surface area contributed by atoms with Gasteiger partial charge < -0.3 is 5.32 Å². The summed E-state index contributed by atoms with van der Waals surface area (Å²) >= 11 is 0. The van der Waals surface area contributed by atoms with E-state index in [1.165, 1.54) is 11.1 Å². The van der Waals surface area contributed by atoms with Crippen molar-refractivity contribution in [1.29, 1.82) is 0 Å². The fraction of sp³-hybridized carbons (Fsp3) is 0.321. The quantitative estimate of drug-likeness (QED) is 0.522. The molecule has 3 aliphatic heterocycles. The first-order chi connectivity index (χ1) is 17.1. The van der Waals surface area contributed by atoms with E-state index in [9.17, 15) is 14.4 Å². The van der Waals surface area contributed by atoms with Crippen molar-refractivity contribution in [3.8, 4) is 0 Å². The number of nitrogens with zero attached hydrogens (tertiary/aromatic N) is 2. The Bertz CT molecular complexity index is 1330. The second-order valence-electron chi connectivity index (χ2n) is 9.63. The molecular weight excluding hydrogens is 476 g/mol. The van der Waals surface area contributed by atoms with Crippen molar-refractivity contribution in [3.05, 3.63) is 76.9 Å². The van der Waals surface area contributed by atoms with Crippen LogP contribution in [0.4, 0.5) is 5.69 Å². The van der Waals surface area contributed by atoms with Gasteiger partial charge in [-0.05, 0) is 47.1 Å². The molecule has 3 aromatic rings. The summed E-state index contributed by atoms with van der Waals surface area (Å²) in [6.07, 6.45) is 1.34. The Hall–Kier alpha value is -3.26. The van der Waals surface area contributed by atoms with Crippen LogP contribution in [0.15, 0.2) is 54.6 Å². The van der Waals surface area contributed by atoms with Gasteiger partial charge in [-0.2, -0.15) is 0 Å². The van der Waals surface area contributed by atoms with E-state index in [4.69, 9.17) is 0 Å². The molecule has 3 aromatic carbocycles. The smallest absolute Gasteiger partial charge is 0.259 e. The lowest BCUT2D eigenvalue weighted by atomic mass is 9.95. The van der Waals surface area contributed by atoms with Crippen molar-refractivity contribution in [2.24, 2.45) is 0 Å². The molecule has 3 heterocycles. The molecule has 186 valence electrons. The fourth-order valence-electron chi connectivity index (χ4n) is 5.57. The second kappa shape index (κ2) is 10.0. The number of piperazine rings is 1. The molecule has 1 unspecified atom stereocenters. The van der Waals surface area contributed by atoms with Gasteiger partial charge in [-0.25, -0.2) is 0 Å². The summed E-state index contributed by atoms with van der Waals surface area (Å²) in [6.45, 7) is 5.23. The molecule has 36 heavy (non-hydrogen) atoms. The molecule has 0 radical (unpaired) electrons. The molecule has 3 aliphatic rings. The van der Waals surface area contributed by atoms with Gasteiger partial charge in [0.1, 0.15) is 6.04 Å². The zero-order valence-corrected chi connectivity index (χ0v) is 20.8. The molecule has 0 bridgehead atoms. The minimum Gasteiger partial charge on any atom is -0.314 e. The number of anilines is 1. The van der Waals surface area contributed by atoms with Crippen molar-refractivity contribution in [2.45, 2.75) is 31.8 Å². The van der Waals surface area contributed by atoms with E-state index in [2.05, 4.69) is 51.9 Å². The summed E-state index contributed by atoms with van der Waals surface area (Å²) in [6, 6.07) is 18.0. The fourth-order valence-corrected chi connectivity index (χ4v) is 5.57. The van der Waals surface area contributed by atoms with Crippen molar-refractivity contribution in [2.75, 3.05) is 31.1 Å². The summed E-state index contributed by atoms with van der Waals surface area (Å²) in [7, 11) is 0. The molecule has 0 aromatic heterocycles. The molecule has 2 N–H and O–H groups in total. The first-order valence-corrected chi connectivity index (χ1v) is 12.3. The van der Waals surface area contributed by atoms with Gasteiger partial charge in [-0.1, -0.05) is 42.5 Å². The molecule has 3 amide bonds. The normalized spacial score (nSPS) is 19.9. The van der Waals surface area contributed by atoms with Gasteiger partial charge in [0.15, 0.2) is 0 Å². The summed E-state index contributed by atoms with van der Waals surface area (Å²) in [5, 5.41) is 7.71. The molecule has 2 saturated heterocycles. The van der Waals surface area contributed by atoms with Gasteiger partial charge in [-0.3, -0.25) is 29.5 Å². The Balaban J connectivity index is 0.00000267. The first kappa shape index (κ1) is 24.4. The molecule has 8 heteroatoms. The predicted octanol–water partition coefficient (Wildman–Crippen LogP) is 3.02. The van der Waals surface area contributed by atoms with Crippen LogP contribution >= 0.6 is 12.4 Å². The number of halogens is 1. The molecule has 7 nitrogen and oxygen atoms in total. The van der Waals surface area contributed by atoms with Crippen molar-refractivity contribution in [1.82, 2.24) is 15.5 Å². The molecule has 2 fully saturated rings. The van der Waals surface area contributed by atoms with Crippen molar-refractivity contribution >= 4 is 46.6 Å². The highest BCUT2D eigenvalue weighted by Crippen LogP contribution is 2.41. The topological polar surface area (TPSA) is 81.8 Å². The zero-order valence-electron chi connectivity index (χ0n) is 20.0. The number of amides is 3. The first-order valence-electron chi connectivity index (χ1n) is 12.3. The number of hydrogen-bond donors (Lipinski definition) is 2. The minimum atomic E-state index is -0.662. The Morgan fingerprint density at radius 1 is 0.889 bits per heavy atom. The van der Waals surface area contributed by atoms with Crippen LogP contribution in [0.5, 0.6) is 0 Å². The van der Waals surface area contributed by atoms with Crippen LogP contribution in [-0.4, -0.2) is 54.8 Å². The number of hydrogen-bond acceptors (Lipinski definition) is 5. The standard InChI is InChI=1S/C28H28N4O3.ClH/c33-25-11-10-24(27(34)30-25)32-23-9-8-20(21-2-1-3-22(26(21)23)28(32)35)16-18-4-6-19(7-5-18)17-31-14-12-29-13-15-31;/h1-9,24,29H,10-17H2,(H,30,33,34);1H. The highest BCUT2D eigenvalue weighted by molar-refractivity contribution is 6.27. The number of benzene rings is 3. The maximum atomic E-state index is 13.3. The van der Waals surface area contributed by atoms with Crippen LogP contribution in [-0.2, 0) is 22.6 Å². The van der Waals surface area contributed by atoms with Gasteiger partial charge in [0.25, 0.3) is 5.91 Å². The Morgan fingerprint density at radius 2 is 1.64 bits per heavy atom. The summed E-state index contributed by atoms with van der Waals surface area (Å²) in [5.74, 6) is -0.857. The van der Waals surface area contributed by atoms with E-state index < -0.39 is 11.9 Å². The zero-order chi connectivity index (χ0) is 23.9. The average molecular weight is 505 g/mol. The maximum Gasteiger partial charge on any atom is 0.259 e. The van der Waals surface area contributed by atoms with E-state index in [1.54, 1.807) is 4.90 Å². The van der Waals surface area contributed by atoms with Gasteiger partial charge in [0, 0.05) is 50.1 Å². The van der Waals surface area contributed by atoms with E-state index in [0.29, 0.717) is 12.0 Å². The monoisotopic (exact) mass is 504 g/mol. The number of rotatable bonds is 5. The number of carbonyl (C=O) groups is 3. The summed E-state index contributed by atoms with van der Waals surface area (Å²) in [5.41, 5.74) is 5.07. The lowest BCUT2D eigenvalue weighted by Crippen LogP contribution is -2.53. The van der Waals surface area contributed by atoms with Crippen molar-refractivity contribution < 1.29 is 14.4 Å². The summed E-state index contributed by atoms with van der Waals surface area (Å²) < 4.78 is 0. The highest BCUT2D eigenvalue weighted by atomic mass is 35.5. The Kier molecular flexibility index (Phi) is 6.79. The number of piperidine rings is 1. The van der Waals surface area contributed by atoms with Gasteiger partial charge in [0.2, 0.25) is 11.8 Å². The van der Waals surface area contributed by atoms with Gasteiger partial charge in [-0.15, -0.1) is 12.4 Å². The Morgan fingerprint density at radius 3 is 2.39 bits per heavy atom. The molecule has 0 aliphatic carbocycles. The largest absolute Gasteiger partial charge is 0.314 e. The van der Waals surface area contributed by atoms with E-state index in [-0.39, 0.29) is 30.6 Å². The molecule has 0 spiro atoms. The lowest BCUT2D eigenvalue weighted by molar-refractivity contribution is -0.134. The molecule has 6 rings (SSSR count). The maximum absolute atomic E-state index is 13.3. The van der Waals surface area contributed by atoms with Crippen LogP contribution in [0.25, 0.3) is 10.8 Å². The molecule has 1 atom stereocenters. The SMILES string of the molecule is Cl.O=C1CCC(N2C(=O)c3cccc4c(Cc5ccc(CN6CCNCC6)cc5)ccc2c34)C(=O)N1. The third kappa shape index (κ3) is 4.39. The average Bonchev–Trinajstić information content (AvgIpc) is 3.15. The van der Waals surface area contributed by atoms with E-state index in [1.807, 2.05) is 18.2 Å². The Labute approximate surface area is 216 Å². The van der Waals surface area contributed by atoms with E-state index >= 15 is 0 Å². The van der Waals surface area contributed by atoms with Crippen molar-refractivity contribution in [3.63, 3.8) is 0 Å². The third-order valence-electron chi connectivity index (χ3n) is 7.37. The third-order valence-corrected chi connectivity index (χ3v) is 7.37.